The third kappa shape index (κ3) is 4.01. The number of oxime groups is 1. The molecule has 1 fully saturated rings. The minimum atomic E-state index is -0.446. The molecule has 1 aromatic carbocycles. The maximum absolute atomic E-state index is 12.9. The Balaban J connectivity index is 1.71. The highest BCUT2D eigenvalue weighted by molar-refractivity contribution is 6.03. The molecule has 1 saturated heterocycles. The number of nitrogens with zero attached hydrogens (tertiary/aromatic N) is 1. The van der Waals surface area contributed by atoms with Gasteiger partial charge in [-0.2, -0.15) is 0 Å². The van der Waals surface area contributed by atoms with Gasteiger partial charge in [-0.05, 0) is 38.8 Å². The smallest absolute Gasteiger partial charge is 0.226 e. The molecular formula is C20H28N2O4. The van der Waals surface area contributed by atoms with Gasteiger partial charge in [-0.3, -0.25) is 4.79 Å². The summed E-state index contributed by atoms with van der Waals surface area (Å²) in [6.45, 7) is 5.19. The van der Waals surface area contributed by atoms with Crippen LogP contribution in [0.15, 0.2) is 29.4 Å². The van der Waals surface area contributed by atoms with E-state index < -0.39 is 5.41 Å². The molecule has 0 bridgehead atoms. The zero-order valence-corrected chi connectivity index (χ0v) is 15.8. The van der Waals surface area contributed by atoms with Crippen molar-refractivity contribution in [2.24, 2.45) is 10.6 Å². The average Bonchev–Trinajstić information content (AvgIpc) is 3.10. The van der Waals surface area contributed by atoms with Gasteiger partial charge in [0.1, 0.15) is 11.9 Å². The summed E-state index contributed by atoms with van der Waals surface area (Å²) in [6, 6.07) is 7.92. The Kier molecular flexibility index (Phi) is 5.81. The summed E-state index contributed by atoms with van der Waals surface area (Å²) in [7, 11) is 1.65. The number of hydrogen-bond acceptors (Lipinski definition) is 5. The molecule has 1 amide bonds. The van der Waals surface area contributed by atoms with E-state index in [2.05, 4.69) is 10.5 Å². The van der Waals surface area contributed by atoms with Crippen molar-refractivity contribution in [2.45, 2.75) is 51.7 Å². The number of rotatable bonds is 6. The van der Waals surface area contributed by atoms with Crippen LogP contribution in [0.1, 0.15) is 45.1 Å². The molecule has 2 heterocycles. The zero-order valence-electron chi connectivity index (χ0n) is 15.8. The molecule has 2 aliphatic heterocycles. The standard InChI is InChI=1S/C20H28N2O4/c1-14(2)21-19(23)20(8-10-25-11-9-20)13-15-12-17(22-26-15)16-6-4-5-7-18(16)24-3/h4-7,14-15H,8-13H2,1-3H3,(H,21,23)/t15-/m1/s1. The van der Waals surface area contributed by atoms with Gasteiger partial charge < -0.3 is 19.6 Å². The Morgan fingerprint density at radius 2 is 2.08 bits per heavy atom. The SMILES string of the molecule is COc1ccccc1C1=NO[C@@H](CC2(C(=O)NC(C)C)CCOCC2)C1. The van der Waals surface area contributed by atoms with Crippen molar-refractivity contribution in [3.05, 3.63) is 29.8 Å². The third-order valence-electron chi connectivity index (χ3n) is 5.12. The van der Waals surface area contributed by atoms with E-state index in [0.29, 0.717) is 26.1 Å². The van der Waals surface area contributed by atoms with Crippen LogP contribution in [0.5, 0.6) is 5.75 Å². The van der Waals surface area contributed by atoms with Crippen molar-refractivity contribution in [1.82, 2.24) is 5.32 Å². The van der Waals surface area contributed by atoms with E-state index in [4.69, 9.17) is 14.3 Å². The van der Waals surface area contributed by atoms with E-state index in [1.165, 1.54) is 0 Å². The highest BCUT2D eigenvalue weighted by Crippen LogP contribution is 2.39. The number of carbonyl (C=O) groups excluding carboxylic acids is 1. The summed E-state index contributed by atoms with van der Waals surface area (Å²) in [5.74, 6) is 0.888. The van der Waals surface area contributed by atoms with E-state index in [-0.39, 0.29) is 18.1 Å². The minimum Gasteiger partial charge on any atom is -0.496 e. The Morgan fingerprint density at radius 1 is 1.35 bits per heavy atom. The van der Waals surface area contributed by atoms with Gasteiger partial charge in [0.2, 0.25) is 5.91 Å². The summed E-state index contributed by atoms with van der Waals surface area (Å²) in [5, 5.41) is 7.37. The molecule has 0 spiro atoms. The number of methoxy groups -OCH3 is 1. The maximum atomic E-state index is 12.9. The van der Waals surface area contributed by atoms with Gasteiger partial charge in [0.15, 0.2) is 0 Å². The molecule has 142 valence electrons. The molecule has 1 aromatic rings. The van der Waals surface area contributed by atoms with Crippen molar-refractivity contribution < 1.29 is 19.1 Å². The number of benzene rings is 1. The van der Waals surface area contributed by atoms with Crippen LogP contribution in [-0.2, 0) is 14.4 Å². The van der Waals surface area contributed by atoms with Crippen LogP contribution < -0.4 is 10.1 Å². The molecule has 26 heavy (non-hydrogen) atoms. The van der Waals surface area contributed by atoms with Crippen LogP contribution in [0, 0.1) is 5.41 Å². The zero-order chi connectivity index (χ0) is 18.6. The van der Waals surface area contributed by atoms with Gasteiger partial charge in [0.25, 0.3) is 0 Å². The van der Waals surface area contributed by atoms with Crippen LogP contribution in [0.25, 0.3) is 0 Å². The molecule has 0 aromatic heterocycles. The van der Waals surface area contributed by atoms with Crippen molar-refractivity contribution in [3.63, 3.8) is 0 Å². The fourth-order valence-electron chi connectivity index (χ4n) is 3.72. The molecule has 0 radical (unpaired) electrons. The quantitative estimate of drug-likeness (QED) is 0.847. The van der Waals surface area contributed by atoms with Crippen molar-refractivity contribution in [2.75, 3.05) is 20.3 Å². The maximum Gasteiger partial charge on any atom is 0.226 e. The fraction of sp³-hybridized carbons (Fsp3) is 0.600. The topological polar surface area (TPSA) is 69.2 Å². The summed E-state index contributed by atoms with van der Waals surface area (Å²) in [5.41, 5.74) is 1.38. The van der Waals surface area contributed by atoms with Crippen molar-refractivity contribution >= 4 is 11.6 Å². The molecule has 0 aliphatic carbocycles. The Morgan fingerprint density at radius 3 is 2.77 bits per heavy atom. The molecule has 0 unspecified atom stereocenters. The lowest BCUT2D eigenvalue weighted by atomic mass is 9.74. The first kappa shape index (κ1) is 18.7. The molecule has 1 N–H and O–H groups in total. The molecule has 6 heteroatoms. The fourth-order valence-corrected chi connectivity index (χ4v) is 3.72. The molecule has 2 aliphatic rings. The Labute approximate surface area is 154 Å². The lowest BCUT2D eigenvalue weighted by Gasteiger charge is -2.37. The average molecular weight is 360 g/mol. The lowest BCUT2D eigenvalue weighted by Crippen LogP contribution is -2.48. The van der Waals surface area contributed by atoms with Gasteiger partial charge in [0.05, 0.1) is 18.2 Å². The van der Waals surface area contributed by atoms with E-state index in [9.17, 15) is 4.79 Å². The predicted octanol–water partition coefficient (Wildman–Crippen LogP) is 2.90. The Bertz CT molecular complexity index is 666. The third-order valence-corrected chi connectivity index (χ3v) is 5.12. The van der Waals surface area contributed by atoms with Gasteiger partial charge >= 0.3 is 0 Å². The van der Waals surface area contributed by atoms with E-state index >= 15 is 0 Å². The number of nitrogens with one attached hydrogen (secondary N) is 1. The second kappa shape index (κ2) is 8.08. The van der Waals surface area contributed by atoms with Crippen LogP contribution in [-0.4, -0.2) is 44.1 Å². The first-order chi connectivity index (χ1) is 12.5. The molecule has 3 rings (SSSR count). The summed E-state index contributed by atoms with van der Waals surface area (Å²) >= 11 is 0. The number of hydrogen-bond donors (Lipinski definition) is 1. The molecule has 1 atom stereocenters. The van der Waals surface area contributed by atoms with Crippen molar-refractivity contribution in [3.8, 4) is 5.75 Å². The van der Waals surface area contributed by atoms with E-state index in [1.807, 2.05) is 38.1 Å². The van der Waals surface area contributed by atoms with Crippen LogP contribution in [0.4, 0.5) is 0 Å². The number of carbonyl (C=O) groups is 1. The second-order valence-corrected chi connectivity index (χ2v) is 7.39. The minimum absolute atomic E-state index is 0.102. The van der Waals surface area contributed by atoms with Gasteiger partial charge in [-0.25, -0.2) is 0 Å². The summed E-state index contributed by atoms with van der Waals surface area (Å²) < 4.78 is 10.9. The molecule has 6 nitrogen and oxygen atoms in total. The van der Waals surface area contributed by atoms with E-state index in [0.717, 1.165) is 29.9 Å². The summed E-state index contributed by atoms with van der Waals surface area (Å²) in [6.07, 6.45) is 2.66. The molecular weight excluding hydrogens is 332 g/mol. The van der Waals surface area contributed by atoms with Crippen molar-refractivity contribution in [1.29, 1.82) is 0 Å². The molecule has 0 saturated carbocycles. The largest absolute Gasteiger partial charge is 0.496 e. The first-order valence-electron chi connectivity index (χ1n) is 9.29. The normalized spacial score (nSPS) is 21.8. The highest BCUT2D eigenvalue weighted by atomic mass is 16.6. The van der Waals surface area contributed by atoms with Crippen LogP contribution in [0.2, 0.25) is 0 Å². The number of para-hydroxylation sites is 1. The number of ether oxygens (including phenoxy) is 2. The van der Waals surface area contributed by atoms with Crippen LogP contribution in [0.3, 0.4) is 0 Å². The van der Waals surface area contributed by atoms with Gasteiger partial charge in [-0.15, -0.1) is 0 Å². The monoisotopic (exact) mass is 360 g/mol. The summed E-state index contributed by atoms with van der Waals surface area (Å²) in [4.78, 5) is 18.6. The first-order valence-corrected chi connectivity index (χ1v) is 9.29. The van der Waals surface area contributed by atoms with E-state index in [1.54, 1.807) is 7.11 Å². The van der Waals surface area contributed by atoms with Crippen LogP contribution >= 0.6 is 0 Å². The highest BCUT2D eigenvalue weighted by Gasteiger charge is 2.44. The Hall–Kier alpha value is -2.08. The second-order valence-electron chi connectivity index (χ2n) is 7.39. The number of amides is 1. The predicted molar refractivity (Wildman–Crippen MR) is 99.4 cm³/mol. The van der Waals surface area contributed by atoms with Gasteiger partial charge in [-0.1, -0.05) is 17.3 Å². The van der Waals surface area contributed by atoms with Gasteiger partial charge in [0, 0.05) is 37.7 Å². The lowest BCUT2D eigenvalue weighted by molar-refractivity contribution is -0.140.